The number of benzene rings is 1. The van der Waals surface area contributed by atoms with Crippen molar-refractivity contribution >= 4 is 11.6 Å². The van der Waals surface area contributed by atoms with Gasteiger partial charge in [0.15, 0.2) is 0 Å². The topological polar surface area (TPSA) is 35.0 Å². The minimum atomic E-state index is -4.36. The Labute approximate surface area is 112 Å². The van der Waals surface area contributed by atoms with Crippen molar-refractivity contribution in [1.29, 1.82) is 0 Å². The van der Waals surface area contributed by atoms with E-state index in [-0.39, 0.29) is 10.9 Å². The van der Waals surface area contributed by atoms with E-state index in [9.17, 15) is 13.2 Å². The first-order valence-corrected chi connectivity index (χ1v) is 5.54. The lowest BCUT2D eigenvalue weighted by molar-refractivity contribution is -0.137. The zero-order valence-corrected chi connectivity index (χ0v) is 10.5. The van der Waals surface area contributed by atoms with E-state index in [1.807, 2.05) is 0 Å². The Balaban J connectivity index is 2.35. The minimum Gasteiger partial charge on any atom is -0.479 e. The summed E-state index contributed by atoms with van der Waals surface area (Å²) in [6, 6.07) is 6.07. The molecule has 0 amide bonds. The van der Waals surface area contributed by atoms with Crippen LogP contribution in [0.15, 0.2) is 30.3 Å². The quantitative estimate of drug-likeness (QED) is 0.842. The van der Waals surface area contributed by atoms with Crippen LogP contribution in [0.5, 0.6) is 5.88 Å². The van der Waals surface area contributed by atoms with Crippen molar-refractivity contribution < 1.29 is 17.9 Å². The molecule has 0 spiro atoms. The maximum atomic E-state index is 12.4. The van der Waals surface area contributed by atoms with Crippen LogP contribution in [0.2, 0.25) is 5.02 Å². The Morgan fingerprint density at radius 3 is 2.21 bits per heavy atom. The second-order valence-corrected chi connectivity index (χ2v) is 4.07. The zero-order valence-electron chi connectivity index (χ0n) is 9.70. The molecule has 19 heavy (non-hydrogen) atoms. The first-order chi connectivity index (χ1) is 8.91. The minimum absolute atomic E-state index is 0.164. The summed E-state index contributed by atoms with van der Waals surface area (Å²) < 4.78 is 42.1. The van der Waals surface area contributed by atoms with Gasteiger partial charge in [0.05, 0.1) is 18.4 Å². The summed E-state index contributed by atoms with van der Waals surface area (Å²) in [7, 11) is 1.40. The monoisotopic (exact) mass is 288 g/mol. The molecule has 0 aliphatic rings. The normalized spacial score (nSPS) is 11.4. The first-order valence-electron chi connectivity index (χ1n) is 5.16. The SMILES string of the molecule is COc1nnc(-c2ccc(C(F)(F)F)cc2)cc1Cl. The number of nitrogens with zero attached hydrogens (tertiary/aromatic N) is 2. The van der Waals surface area contributed by atoms with Gasteiger partial charge in [-0.1, -0.05) is 23.7 Å². The molecule has 0 aliphatic heterocycles. The third kappa shape index (κ3) is 2.96. The van der Waals surface area contributed by atoms with Crippen molar-refractivity contribution in [2.75, 3.05) is 7.11 Å². The Morgan fingerprint density at radius 1 is 1.11 bits per heavy atom. The van der Waals surface area contributed by atoms with Crippen molar-refractivity contribution in [2.45, 2.75) is 6.18 Å². The number of ether oxygens (including phenoxy) is 1. The van der Waals surface area contributed by atoms with Crippen molar-refractivity contribution in [3.63, 3.8) is 0 Å². The fourth-order valence-electron chi connectivity index (χ4n) is 1.47. The van der Waals surface area contributed by atoms with Crippen LogP contribution in [0.3, 0.4) is 0 Å². The van der Waals surface area contributed by atoms with E-state index in [1.165, 1.54) is 25.3 Å². The van der Waals surface area contributed by atoms with Crippen LogP contribution < -0.4 is 4.74 Å². The van der Waals surface area contributed by atoms with E-state index >= 15 is 0 Å². The van der Waals surface area contributed by atoms with E-state index in [0.29, 0.717) is 11.3 Å². The summed E-state index contributed by atoms with van der Waals surface area (Å²) in [5.41, 5.74) is 0.147. The lowest BCUT2D eigenvalue weighted by atomic mass is 10.1. The van der Waals surface area contributed by atoms with Gasteiger partial charge < -0.3 is 4.74 Å². The highest BCUT2D eigenvalue weighted by Gasteiger charge is 2.30. The molecular formula is C12H8ClF3N2O. The van der Waals surface area contributed by atoms with Gasteiger partial charge in [-0.15, -0.1) is 10.2 Å². The van der Waals surface area contributed by atoms with Crippen LogP contribution >= 0.6 is 11.6 Å². The molecule has 1 heterocycles. The van der Waals surface area contributed by atoms with Gasteiger partial charge in [-0.05, 0) is 18.2 Å². The van der Waals surface area contributed by atoms with E-state index in [2.05, 4.69) is 10.2 Å². The van der Waals surface area contributed by atoms with E-state index in [1.54, 1.807) is 0 Å². The highest BCUT2D eigenvalue weighted by molar-refractivity contribution is 6.32. The Bertz CT molecular complexity index is 585. The molecule has 0 fully saturated rings. The average molecular weight is 289 g/mol. The molecule has 0 unspecified atom stereocenters. The molecule has 2 rings (SSSR count). The fourth-order valence-corrected chi connectivity index (χ4v) is 1.69. The van der Waals surface area contributed by atoms with Gasteiger partial charge >= 0.3 is 6.18 Å². The maximum Gasteiger partial charge on any atom is 0.416 e. The van der Waals surface area contributed by atoms with Crippen LogP contribution in [0, 0.1) is 0 Å². The number of halogens is 4. The van der Waals surface area contributed by atoms with Crippen LogP contribution in [0.4, 0.5) is 13.2 Å². The summed E-state index contributed by atoms with van der Waals surface area (Å²) in [6.07, 6.45) is -4.36. The number of alkyl halides is 3. The highest BCUT2D eigenvalue weighted by atomic mass is 35.5. The Kier molecular flexibility index (Phi) is 3.61. The molecule has 0 bridgehead atoms. The number of rotatable bonds is 2. The summed E-state index contributed by atoms with van der Waals surface area (Å²) in [5, 5.41) is 7.79. The van der Waals surface area contributed by atoms with Crippen LogP contribution in [0.25, 0.3) is 11.3 Å². The maximum absolute atomic E-state index is 12.4. The third-order valence-electron chi connectivity index (χ3n) is 2.42. The summed E-state index contributed by atoms with van der Waals surface area (Å²) in [5.74, 6) is 0.164. The van der Waals surface area contributed by atoms with E-state index in [4.69, 9.17) is 16.3 Å². The molecular weight excluding hydrogens is 281 g/mol. The van der Waals surface area contributed by atoms with Gasteiger partial charge in [-0.25, -0.2) is 0 Å². The molecule has 1 aromatic heterocycles. The van der Waals surface area contributed by atoms with Crippen molar-refractivity contribution in [3.05, 3.63) is 40.9 Å². The lowest BCUT2D eigenvalue weighted by Crippen LogP contribution is -2.04. The summed E-state index contributed by atoms with van der Waals surface area (Å²) in [6.45, 7) is 0. The predicted molar refractivity (Wildman–Crippen MR) is 64.0 cm³/mol. The van der Waals surface area contributed by atoms with Gasteiger partial charge in [0.2, 0.25) is 0 Å². The van der Waals surface area contributed by atoms with Crippen LogP contribution in [-0.2, 0) is 6.18 Å². The number of hydrogen-bond acceptors (Lipinski definition) is 3. The van der Waals surface area contributed by atoms with Gasteiger partial charge in [0.1, 0.15) is 5.02 Å². The van der Waals surface area contributed by atoms with Gasteiger partial charge in [0.25, 0.3) is 5.88 Å². The second-order valence-electron chi connectivity index (χ2n) is 3.66. The number of aromatic nitrogens is 2. The molecule has 7 heteroatoms. The van der Waals surface area contributed by atoms with Crippen molar-refractivity contribution in [1.82, 2.24) is 10.2 Å². The third-order valence-corrected chi connectivity index (χ3v) is 2.69. The van der Waals surface area contributed by atoms with E-state index in [0.717, 1.165) is 12.1 Å². The van der Waals surface area contributed by atoms with Gasteiger partial charge in [-0.3, -0.25) is 0 Å². The largest absolute Gasteiger partial charge is 0.479 e. The molecule has 0 aliphatic carbocycles. The second kappa shape index (κ2) is 5.05. The van der Waals surface area contributed by atoms with Gasteiger partial charge in [0, 0.05) is 5.56 Å². The molecule has 0 radical (unpaired) electrons. The summed E-state index contributed by atoms with van der Waals surface area (Å²) >= 11 is 5.88. The first kappa shape index (κ1) is 13.6. The Hall–Kier alpha value is -1.82. The lowest BCUT2D eigenvalue weighted by Gasteiger charge is -2.07. The molecule has 0 saturated carbocycles. The molecule has 1 aromatic carbocycles. The molecule has 0 N–H and O–H groups in total. The van der Waals surface area contributed by atoms with Gasteiger partial charge in [-0.2, -0.15) is 13.2 Å². The molecule has 100 valence electrons. The Morgan fingerprint density at radius 2 is 1.74 bits per heavy atom. The smallest absolute Gasteiger partial charge is 0.416 e. The average Bonchev–Trinajstić information content (AvgIpc) is 2.38. The van der Waals surface area contributed by atoms with Crippen LogP contribution in [0.1, 0.15) is 5.56 Å². The van der Waals surface area contributed by atoms with Crippen molar-refractivity contribution in [2.24, 2.45) is 0 Å². The zero-order chi connectivity index (χ0) is 14.0. The standard InChI is InChI=1S/C12H8ClF3N2O/c1-19-11-9(13)6-10(17-18-11)7-2-4-8(5-3-7)12(14,15)16/h2-6H,1H3. The molecule has 3 nitrogen and oxygen atoms in total. The predicted octanol–water partition coefficient (Wildman–Crippen LogP) is 3.82. The fraction of sp³-hybridized carbons (Fsp3) is 0.167. The molecule has 2 aromatic rings. The molecule has 0 saturated heterocycles. The van der Waals surface area contributed by atoms with E-state index < -0.39 is 11.7 Å². The number of methoxy groups -OCH3 is 1. The summed E-state index contributed by atoms with van der Waals surface area (Å²) in [4.78, 5) is 0. The van der Waals surface area contributed by atoms with Crippen LogP contribution in [-0.4, -0.2) is 17.3 Å². The highest BCUT2D eigenvalue weighted by Crippen LogP contribution is 2.31. The number of hydrogen-bond donors (Lipinski definition) is 0. The molecule has 0 atom stereocenters. The van der Waals surface area contributed by atoms with Crippen molar-refractivity contribution in [3.8, 4) is 17.1 Å².